The summed E-state index contributed by atoms with van der Waals surface area (Å²) in [6.07, 6.45) is 8.34. The lowest BCUT2D eigenvalue weighted by molar-refractivity contribution is -0.0383. The van der Waals surface area contributed by atoms with E-state index in [1.165, 1.54) is 5.69 Å². The summed E-state index contributed by atoms with van der Waals surface area (Å²) in [7, 11) is 0. The molecule has 0 saturated carbocycles. The molecule has 2 bridgehead atoms. The maximum Gasteiger partial charge on any atom is 0.150 e. The second-order valence-corrected chi connectivity index (χ2v) is 9.63. The molecule has 3 aromatic rings. The van der Waals surface area contributed by atoms with Crippen molar-refractivity contribution in [1.29, 1.82) is 0 Å². The molecule has 2 unspecified atom stereocenters. The molecule has 0 aliphatic carbocycles. The van der Waals surface area contributed by atoms with E-state index in [1.807, 2.05) is 23.1 Å². The molecule has 9 nitrogen and oxygen atoms in total. The fraction of sp³-hybridized carbons (Fsp3) is 0.560. The molecular weight excluding hydrogens is 432 g/mol. The van der Waals surface area contributed by atoms with E-state index in [-0.39, 0.29) is 6.23 Å². The summed E-state index contributed by atoms with van der Waals surface area (Å²) in [6, 6.07) is 6.83. The van der Waals surface area contributed by atoms with Crippen LogP contribution >= 0.6 is 0 Å². The molecule has 0 amide bonds. The molecule has 3 aromatic heterocycles. The largest absolute Gasteiger partial charge is 0.378 e. The Morgan fingerprint density at radius 2 is 1.94 bits per heavy atom. The Labute approximate surface area is 198 Å². The number of nitrogens with zero attached hydrogens (tertiary/aromatic N) is 6. The molecule has 34 heavy (non-hydrogen) atoms. The normalized spacial score (nSPS) is 27.1. The van der Waals surface area contributed by atoms with Crippen molar-refractivity contribution in [2.24, 2.45) is 0 Å². The molecule has 7 heterocycles. The first kappa shape index (κ1) is 20.6. The van der Waals surface area contributed by atoms with E-state index >= 15 is 0 Å². The predicted octanol–water partition coefficient (Wildman–Crippen LogP) is 3.01. The van der Waals surface area contributed by atoms with E-state index < -0.39 is 0 Å². The third kappa shape index (κ3) is 3.45. The standard InChI is InChI=1S/C25H30N6O3/c1-2-10-33-23(3-1)31-20(5-7-27-31)25-24-19(4-6-26-25)21(30-15-18-13-17(30)16-34-18)14-22(28-24)29-8-11-32-12-9-29/h4-7,14,17-18,23H,1-3,8-13,15-16H2/t17-,18?,23?/m0/s1. The second-order valence-electron chi connectivity index (χ2n) is 9.63. The molecule has 7 rings (SSSR count). The molecule has 0 N–H and O–H groups in total. The zero-order valence-electron chi connectivity index (χ0n) is 19.3. The van der Waals surface area contributed by atoms with Crippen LogP contribution in [-0.4, -0.2) is 78.0 Å². The van der Waals surface area contributed by atoms with Gasteiger partial charge in [0.1, 0.15) is 17.0 Å². The molecule has 0 spiro atoms. The van der Waals surface area contributed by atoms with Gasteiger partial charge in [0.15, 0.2) is 6.23 Å². The van der Waals surface area contributed by atoms with Gasteiger partial charge in [-0.15, -0.1) is 0 Å². The van der Waals surface area contributed by atoms with E-state index in [0.717, 1.165) is 99.9 Å². The van der Waals surface area contributed by atoms with Gasteiger partial charge in [-0.3, -0.25) is 4.98 Å². The summed E-state index contributed by atoms with van der Waals surface area (Å²) < 4.78 is 19.6. The summed E-state index contributed by atoms with van der Waals surface area (Å²) in [6.45, 7) is 5.64. The highest BCUT2D eigenvalue weighted by Gasteiger charge is 2.40. The third-order valence-electron chi connectivity index (χ3n) is 7.58. The summed E-state index contributed by atoms with van der Waals surface area (Å²) in [5.74, 6) is 0.990. The summed E-state index contributed by atoms with van der Waals surface area (Å²) in [4.78, 5) is 14.9. The number of morpholine rings is 2. The van der Waals surface area contributed by atoms with Gasteiger partial charge in [-0.25, -0.2) is 9.67 Å². The number of ether oxygens (including phenoxy) is 3. The monoisotopic (exact) mass is 462 g/mol. The van der Waals surface area contributed by atoms with Crippen LogP contribution in [0.15, 0.2) is 30.6 Å². The first-order valence-corrected chi connectivity index (χ1v) is 12.5. The van der Waals surface area contributed by atoms with Gasteiger partial charge in [0, 0.05) is 50.1 Å². The van der Waals surface area contributed by atoms with Crippen LogP contribution in [0.2, 0.25) is 0 Å². The number of fused-ring (bicyclic) bond motifs is 3. The number of hydrogen-bond acceptors (Lipinski definition) is 8. The smallest absolute Gasteiger partial charge is 0.150 e. The fourth-order valence-electron chi connectivity index (χ4n) is 5.84. The van der Waals surface area contributed by atoms with Crippen molar-refractivity contribution in [2.45, 2.75) is 44.1 Å². The van der Waals surface area contributed by atoms with Crippen molar-refractivity contribution in [2.75, 3.05) is 55.9 Å². The Morgan fingerprint density at radius 3 is 2.74 bits per heavy atom. The molecule has 4 aliphatic rings. The molecular formula is C25H30N6O3. The van der Waals surface area contributed by atoms with Crippen LogP contribution in [0.3, 0.4) is 0 Å². The van der Waals surface area contributed by atoms with Crippen LogP contribution in [0.4, 0.5) is 11.5 Å². The van der Waals surface area contributed by atoms with E-state index in [0.29, 0.717) is 12.1 Å². The third-order valence-corrected chi connectivity index (χ3v) is 7.58. The Balaban J connectivity index is 1.38. The maximum atomic E-state index is 6.06. The summed E-state index contributed by atoms with van der Waals surface area (Å²) in [5.41, 5.74) is 3.97. The number of pyridine rings is 2. The molecule has 4 fully saturated rings. The average Bonchev–Trinajstić information content (AvgIpc) is 3.66. The Kier molecular flexibility index (Phi) is 5.14. The van der Waals surface area contributed by atoms with Crippen LogP contribution in [0.5, 0.6) is 0 Å². The van der Waals surface area contributed by atoms with Gasteiger partial charge in [-0.05, 0) is 37.8 Å². The number of aromatic nitrogens is 4. The van der Waals surface area contributed by atoms with Crippen molar-refractivity contribution >= 4 is 22.4 Å². The number of rotatable bonds is 4. The zero-order chi connectivity index (χ0) is 22.5. The van der Waals surface area contributed by atoms with Gasteiger partial charge in [-0.1, -0.05) is 0 Å². The fourth-order valence-corrected chi connectivity index (χ4v) is 5.84. The minimum absolute atomic E-state index is 0.0517. The van der Waals surface area contributed by atoms with Gasteiger partial charge in [-0.2, -0.15) is 5.10 Å². The highest BCUT2D eigenvalue weighted by atomic mass is 16.5. The van der Waals surface area contributed by atoms with E-state index in [9.17, 15) is 0 Å². The van der Waals surface area contributed by atoms with Gasteiger partial charge in [0.2, 0.25) is 0 Å². The van der Waals surface area contributed by atoms with Crippen LogP contribution < -0.4 is 9.80 Å². The van der Waals surface area contributed by atoms with Crippen LogP contribution in [0.1, 0.15) is 31.9 Å². The SMILES string of the molecule is c1cc2c(N3CC4C[C@H]3CO4)cc(N3CCOCC3)nc2c(-c2ccnn2C2CCCCO2)n1. The van der Waals surface area contributed by atoms with E-state index in [1.54, 1.807) is 0 Å². The lowest BCUT2D eigenvalue weighted by atomic mass is 10.1. The van der Waals surface area contributed by atoms with Crippen molar-refractivity contribution in [3.63, 3.8) is 0 Å². The number of hydrogen-bond donors (Lipinski definition) is 0. The molecule has 3 atom stereocenters. The maximum absolute atomic E-state index is 6.06. The van der Waals surface area contributed by atoms with Gasteiger partial charge >= 0.3 is 0 Å². The van der Waals surface area contributed by atoms with Crippen molar-refractivity contribution in [3.8, 4) is 11.4 Å². The van der Waals surface area contributed by atoms with Gasteiger partial charge < -0.3 is 24.0 Å². The quantitative estimate of drug-likeness (QED) is 0.586. The molecule has 4 saturated heterocycles. The van der Waals surface area contributed by atoms with Gasteiger partial charge in [0.05, 0.1) is 43.3 Å². The lowest BCUT2D eigenvalue weighted by Crippen LogP contribution is -2.38. The van der Waals surface area contributed by atoms with Crippen LogP contribution in [0, 0.1) is 0 Å². The minimum Gasteiger partial charge on any atom is -0.378 e. The molecule has 9 heteroatoms. The van der Waals surface area contributed by atoms with Crippen LogP contribution in [0.25, 0.3) is 22.3 Å². The van der Waals surface area contributed by atoms with E-state index in [4.69, 9.17) is 24.2 Å². The Bertz CT molecular complexity index is 1190. The Hall–Kier alpha value is -2.75. The summed E-state index contributed by atoms with van der Waals surface area (Å²) in [5, 5.41) is 5.77. The molecule has 4 aliphatic heterocycles. The van der Waals surface area contributed by atoms with Crippen molar-refractivity contribution in [3.05, 3.63) is 30.6 Å². The second kappa shape index (κ2) is 8.48. The lowest BCUT2D eigenvalue weighted by Gasteiger charge is -2.33. The highest BCUT2D eigenvalue weighted by molar-refractivity contribution is 6.00. The minimum atomic E-state index is -0.0517. The van der Waals surface area contributed by atoms with E-state index in [2.05, 4.69) is 27.0 Å². The topological polar surface area (TPSA) is 77.8 Å². The summed E-state index contributed by atoms with van der Waals surface area (Å²) >= 11 is 0. The van der Waals surface area contributed by atoms with Crippen molar-refractivity contribution < 1.29 is 14.2 Å². The highest BCUT2D eigenvalue weighted by Crippen LogP contribution is 2.40. The molecule has 0 aromatic carbocycles. The average molecular weight is 463 g/mol. The Morgan fingerprint density at radius 1 is 1.00 bits per heavy atom. The predicted molar refractivity (Wildman–Crippen MR) is 128 cm³/mol. The molecule has 0 radical (unpaired) electrons. The zero-order valence-corrected chi connectivity index (χ0v) is 19.3. The first-order chi connectivity index (χ1) is 16.8. The number of anilines is 2. The first-order valence-electron chi connectivity index (χ1n) is 12.5. The van der Waals surface area contributed by atoms with Gasteiger partial charge in [0.25, 0.3) is 0 Å². The van der Waals surface area contributed by atoms with Crippen LogP contribution in [-0.2, 0) is 14.2 Å². The van der Waals surface area contributed by atoms with Crippen molar-refractivity contribution in [1.82, 2.24) is 19.7 Å². The molecule has 178 valence electrons.